The van der Waals surface area contributed by atoms with Gasteiger partial charge < -0.3 is 15.3 Å². The maximum Gasteiger partial charge on any atom is 0.335 e. The van der Waals surface area contributed by atoms with E-state index in [4.69, 9.17) is 15.3 Å². The molecular formula is C6H8N2O4. The molecule has 6 heteroatoms. The van der Waals surface area contributed by atoms with Crippen LogP contribution in [0.4, 0.5) is 0 Å². The molecule has 0 amide bonds. The van der Waals surface area contributed by atoms with Gasteiger partial charge in [0.05, 0.1) is 5.69 Å². The zero-order valence-corrected chi connectivity index (χ0v) is 6.01. The Morgan fingerprint density at radius 3 is 2.67 bits per heavy atom. The second-order valence-electron chi connectivity index (χ2n) is 2.24. The van der Waals surface area contributed by atoms with Gasteiger partial charge in [0.2, 0.25) is 0 Å². The molecule has 4 N–H and O–H groups in total. The van der Waals surface area contributed by atoms with Gasteiger partial charge in [-0.2, -0.15) is 5.10 Å². The van der Waals surface area contributed by atoms with Crippen LogP contribution in [0.15, 0.2) is 12.3 Å². The molecule has 0 bridgehead atoms. The van der Waals surface area contributed by atoms with Crippen molar-refractivity contribution in [1.82, 2.24) is 10.2 Å². The summed E-state index contributed by atoms with van der Waals surface area (Å²) < 4.78 is 0. The van der Waals surface area contributed by atoms with Crippen molar-refractivity contribution >= 4 is 5.97 Å². The van der Waals surface area contributed by atoms with Gasteiger partial charge in [0.1, 0.15) is 6.10 Å². The summed E-state index contributed by atoms with van der Waals surface area (Å²) in [5, 5.41) is 32.2. The Morgan fingerprint density at radius 1 is 1.58 bits per heavy atom. The Kier molecular flexibility index (Phi) is 2.41. The number of aliphatic hydroxyl groups excluding tert-OH is 2. The number of hydrogen-bond donors (Lipinski definition) is 4. The van der Waals surface area contributed by atoms with E-state index >= 15 is 0 Å². The molecule has 12 heavy (non-hydrogen) atoms. The fraction of sp³-hybridized carbons (Fsp3) is 0.333. The summed E-state index contributed by atoms with van der Waals surface area (Å²) >= 11 is 0. The normalized spacial score (nSPS) is 15.5. The monoisotopic (exact) mass is 172 g/mol. The van der Waals surface area contributed by atoms with E-state index in [-0.39, 0.29) is 5.69 Å². The summed E-state index contributed by atoms with van der Waals surface area (Å²) in [6.07, 6.45) is -1.94. The number of aromatic amines is 1. The Bertz CT molecular complexity index is 259. The van der Waals surface area contributed by atoms with Crippen molar-refractivity contribution in [3.8, 4) is 0 Å². The van der Waals surface area contributed by atoms with Gasteiger partial charge in [0.25, 0.3) is 0 Å². The van der Waals surface area contributed by atoms with Crippen molar-refractivity contribution in [3.05, 3.63) is 18.0 Å². The van der Waals surface area contributed by atoms with Gasteiger partial charge in [0, 0.05) is 6.20 Å². The molecule has 2 atom stereocenters. The minimum Gasteiger partial charge on any atom is -0.479 e. The lowest BCUT2D eigenvalue weighted by Crippen LogP contribution is -2.27. The van der Waals surface area contributed by atoms with Crippen molar-refractivity contribution in [1.29, 1.82) is 0 Å². The number of aliphatic carboxylic acids is 1. The Hall–Kier alpha value is -1.40. The predicted molar refractivity (Wildman–Crippen MR) is 37.2 cm³/mol. The molecule has 0 fully saturated rings. The number of H-pyrrole nitrogens is 1. The summed E-state index contributed by atoms with van der Waals surface area (Å²) in [5.74, 6) is -1.47. The molecule has 6 nitrogen and oxygen atoms in total. The number of carbonyl (C=O) groups is 1. The van der Waals surface area contributed by atoms with E-state index in [1.807, 2.05) is 0 Å². The fourth-order valence-corrected chi connectivity index (χ4v) is 0.736. The Balaban J connectivity index is 2.71. The molecule has 0 saturated heterocycles. The van der Waals surface area contributed by atoms with Crippen LogP contribution in [0.25, 0.3) is 0 Å². The highest BCUT2D eigenvalue weighted by molar-refractivity contribution is 5.72. The average Bonchev–Trinajstić information content (AvgIpc) is 2.53. The second-order valence-corrected chi connectivity index (χ2v) is 2.24. The zero-order valence-electron chi connectivity index (χ0n) is 6.01. The molecule has 1 rings (SSSR count). The molecule has 0 aliphatic rings. The molecule has 1 aromatic heterocycles. The van der Waals surface area contributed by atoms with E-state index in [9.17, 15) is 4.79 Å². The molecule has 0 aliphatic heterocycles. The minimum absolute atomic E-state index is 0.171. The largest absolute Gasteiger partial charge is 0.479 e. The van der Waals surface area contributed by atoms with Crippen molar-refractivity contribution in [2.24, 2.45) is 0 Å². The lowest BCUT2D eigenvalue weighted by atomic mass is 10.1. The maximum atomic E-state index is 10.2. The van der Waals surface area contributed by atoms with Gasteiger partial charge in [-0.15, -0.1) is 0 Å². The standard InChI is InChI=1S/C6H8N2O4/c9-4(5(10)6(11)12)3-1-2-7-8-3/h1-2,4-5,9-10H,(H,7,8)(H,11,12). The number of rotatable bonds is 3. The highest BCUT2D eigenvalue weighted by Gasteiger charge is 2.25. The number of nitrogens with zero attached hydrogens (tertiary/aromatic N) is 1. The van der Waals surface area contributed by atoms with Crippen LogP contribution in [0.5, 0.6) is 0 Å². The van der Waals surface area contributed by atoms with E-state index in [1.165, 1.54) is 12.3 Å². The van der Waals surface area contributed by atoms with Crippen LogP contribution in [0, 0.1) is 0 Å². The van der Waals surface area contributed by atoms with E-state index in [0.717, 1.165) is 0 Å². The number of aromatic nitrogens is 2. The van der Waals surface area contributed by atoms with Crippen LogP contribution >= 0.6 is 0 Å². The van der Waals surface area contributed by atoms with Crippen LogP contribution in [0.1, 0.15) is 11.8 Å². The molecular weight excluding hydrogens is 164 g/mol. The van der Waals surface area contributed by atoms with Gasteiger partial charge in [-0.1, -0.05) is 0 Å². The van der Waals surface area contributed by atoms with Crippen LogP contribution in [0.3, 0.4) is 0 Å². The summed E-state index contributed by atoms with van der Waals surface area (Å²) in [7, 11) is 0. The molecule has 1 aromatic rings. The smallest absolute Gasteiger partial charge is 0.335 e. The third-order valence-corrected chi connectivity index (χ3v) is 1.39. The van der Waals surface area contributed by atoms with Crippen LogP contribution < -0.4 is 0 Å². The number of carboxylic acids is 1. The first kappa shape index (κ1) is 8.69. The Labute approximate surface area is 67.5 Å². The topological polar surface area (TPSA) is 106 Å². The van der Waals surface area contributed by atoms with Gasteiger partial charge in [-0.25, -0.2) is 4.79 Å². The number of aliphatic hydroxyl groups is 2. The summed E-state index contributed by atoms with van der Waals surface area (Å²) in [4.78, 5) is 10.2. The van der Waals surface area contributed by atoms with Crippen LogP contribution in [0.2, 0.25) is 0 Å². The molecule has 0 saturated carbocycles. The molecule has 66 valence electrons. The van der Waals surface area contributed by atoms with Gasteiger partial charge in [0.15, 0.2) is 6.10 Å². The van der Waals surface area contributed by atoms with Crippen molar-refractivity contribution in [2.45, 2.75) is 12.2 Å². The lowest BCUT2D eigenvalue weighted by Gasteiger charge is -2.10. The number of hydrogen-bond acceptors (Lipinski definition) is 4. The first-order valence-electron chi connectivity index (χ1n) is 3.21. The molecule has 0 spiro atoms. The van der Waals surface area contributed by atoms with Gasteiger partial charge in [-0.05, 0) is 6.07 Å². The summed E-state index contributed by atoms with van der Waals surface area (Å²) in [5.41, 5.74) is 0.171. The Morgan fingerprint density at radius 2 is 2.25 bits per heavy atom. The minimum atomic E-state index is -1.83. The van der Waals surface area contributed by atoms with E-state index in [0.29, 0.717) is 0 Å². The van der Waals surface area contributed by atoms with E-state index < -0.39 is 18.2 Å². The van der Waals surface area contributed by atoms with Crippen molar-refractivity contribution in [3.63, 3.8) is 0 Å². The van der Waals surface area contributed by atoms with E-state index in [1.54, 1.807) is 0 Å². The highest BCUT2D eigenvalue weighted by Crippen LogP contribution is 2.13. The average molecular weight is 172 g/mol. The van der Waals surface area contributed by atoms with Crippen molar-refractivity contribution in [2.75, 3.05) is 0 Å². The van der Waals surface area contributed by atoms with E-state index in [2.05, 4.69) is 10.2 Å². The van der Waals surface area contributed by atoms with Crippen LogP contribution in [-0.2, 0) is 4.79 Å². The summed E-state index contributed by atoms with van der Waals surface area (Å²) in [6.45, 7) is 0. The quantitative estimate of drug-likeness (QED) is 0.462. The molecule has 0 radical (unpaired) electrons. The third-order valence-electron chi connectivity index (χ3n) is 1.39. The second kappa shape index (κ2) is 3.33. The molecule has 1 heterocycles. The maximum absolute atomic E-state index is 10.2. The van der Waals surface area contributed by atoms with Crippen molar-refractivity contribution < 1.29 is 20.1 Å². The van der Waals surface area contributed by atoms with Gasteiger partial charge >= 0.3 is 5.97 Å². The number of carboxylic acid groups (broad SMARTS) is 1. The number of nitrogens with one attached hydrogen (secondary N) is 1. The van der Waals surface area contributed by atoms with Crippen LogP contribution in [-0.4, -0.2) is 37.6 Å². The molecule has 2 unspecified atom stereocenters. The summed E-state index contributed by atoms with van der Waals surface area (Å²) in [6, 6.07) is 1.39. The lowest BCUT2D eigenvalue weighted by molar-refractivity contribution is -0.153. The van der Waals surface area contributed by atoms with Gasteiger partial charge in [-0.3, -0.25) is 5.10 Å². The predicted octanol–water partition coefficient (Wildman–Crippen LogP) is -1.11. The SMILES string of the molecule is O=C(O)C(O)C(O)c1ccn[nH]1. The highest BCUT2D eigenvalue weighted by atomic mass is 16.4. The first-order chi connectivity index (χ1) is 5.63. The molecule has 0 aliphatic carbocycles. The zero-order chi connectivity index (χ0) is 9.14. The molecule has 0 aromatic carbocycles. The first-order valence-corrected chi connectivity index (χ1v) is 3.21. The fourth-order valence-electron chi connectivity index (χ4n) is 0.736. The third kappa shape index (κ3) is 1.60.